The molecule has 86 valence electrons. The molecule has 0 unspecified atom stereocenters. The molecule has 1 heterocycles. The van der Waals surface area contributed by atoms with Gasteiger partial charge in [0.15, 0.2) is 5.03 Å². The number of nitrogens with one attached hydrogen (secondary N) is 1. The molecule has 0 atom stereocenters. The molecule has 0 saturated carbocycles. The molecule has 0 amide bonds. The molecule has 0 aliphatic carbocycles. The standard InChI is InChI=1S/C7H13N3O4S/c11-5-3-10(4-6-12)15(13,14)7-1-2-8-9-7/h1-2,11-12H,3-6H2,(H,8,9). The third-order valence-corrected chi connectivity index (χ3v) is 3.62. The van der Waals surface area contributed by atoms with Crippen molar-refractivity contribution in [3.05, 3.63) is 12.3 Å². The molecular weight excluding hydrogens is 222 g/mol. The highest BCUT2D eigenvalue weighted by molar-refractivity contribution is 7.89. The van der Waals surface area contributed by atoms with Crippen LogP contribution in [0.25, 0.3) is 0 Å². The Morgan fingerprint density at radius 2 is 1.93 bits per heavy atom. The maximum atomic E-state index is 11.8. The molecule has 7 nitrogen and oxygen atoms in total. The van der Waals surface area contributed by atoms with Crippen molar-refractivity contribution in [1.82, 2.24) is 14.5 Å². The van der Waals surface area contributed by atoms with Gasteiger partial charge in [-0.05, 0) is 6.07 Å². The van der Waals surface area contributed by atoms with Gasteiger partial charge in [0.1, 0.15) is 0 Å². The Bertz CT molecular complexity index is 369. The van der Waals surface area contributed by atoms with Gasteiger partial charge in [-0.3, -0.25) is 5.10 Å². The van der Waals surface area contributed by atoms with Crippen molar-refractivity contribution in [3.63, 3.8) is 0 Å². The van der Waals surface area contributed by atoms with E-state index in [9.17, 15) is 8.42 Å². The van der Waals surface area contributed by atoms with E-state index < -0.39 is 10.0 Å². The van der Waals surface area contributed by atoms with Gasteiger partial charge in [-0.15, -0.1) is 0 Å². The van der Waals surface area contributed by atoms with Gasteiger partial charge < -0.3 is 10.2 Å². The largest absolute Gasteiger partial charge is 0.395 e. The van der Waals surface area contributed by atoms with Crippen LogP contribution in [0.15, 0.2) is 17.3 Å². The predicted octanol–water partition coefficient (Wildman–Crippen LogP) is -1.62. The summed E-state index contributed by atoms with van der Waals surface area (Å²) < 4.78 is 24.6. The maximum absolute atomic E-state index is 11.8. The lowest BCUT2D eigenvalue weighted by Crippen LogP contribution is -2.36. The molecule has 1 aromatic rings. The van der Waals surface area contributed by atoms with Crippen molar-refractivity contribution in [1.29, 1.82) is 0 Å². The highest BCUT2D eigenvalue weighted by atomic mass is 32.2. The van der Waals surface area contributed by atoms with E-state index in [1.54, 1.807) is 0 Å². The molecule has 0 bridgehead atoms. The molecule has 1 aromatic heterocycles. The van der Waals surface area contributed by atoms with Gasteiger partial charge in [0, 0.05) is 13.1 Å². The first-order chi connectivity index (χ1) is 7.12. The van der Waals surface area contributed by atoms with Gasteiger partial charge in [-0.1, -0.05) is 0 Å². The number of H-pyrrole nitrogens is 1. The van der Waals surface area contributed by atoms with Crippen molar-refractivity contribution in [2.75, 3.05) is 26.3 Å². The Morgan fingerprint density at radius 1 is 1.33 bits per heavy atom. The van der Waals surface area contributed by atoms with Crippen LogP contribution in [0.3, 0.4) is 0 Å². The quantitative estimate of drug-likeness (QED) is 0.549. The first-order valence-electron chi connectivity index (χ1n) is 4.34. The molecule has 0 aromatic carbocycles. The third kappa shape index (κ3) is 2.75. The molecule has 0 radical (unpaired) electrons. The van der Waals surface area contributed by atoms with Crippen LogP contribution in [0.2, 0.25) is 0 Å². The van der Waals surface area contributed by atoms with E-state index in [1.165, 1.54) is 12.3 Å². The molecule has 0 spiro atoms. The summed E-state index contributed by atoms with van der Waals surface area (Å²) in [5, 5.41) is 23.2. The Labute approximate surface area is 87.4 Å². The number of aliphatic hydroxyl groups excluding tert-OH is 2. The first kappa shape index (κ1) is 12.1. The smallest absolute Gasteiger partial charge is 0.260 e. The van der Waals surface area contributed by atoms with Crippen LogP contribution in [0.4, 0.5) is 0 Å². The molecule has 0 aliphatic rings. The average molecular weight is 235 g/mol. The van der Waals surface area contributed by atoms with E-state index in [1.807, 2.05) is 0 Å². The Balaban J connectivity index is 2.91. The van der Waals surface area contributed by atoms with Gasteiger partial charge >= 0.3 is 0 Å². The number of aromatic nitrogens is 2. The molecule has 15 heavy (non-hydrogen) atoms. The minimum Gasteiger partial charge on any atom is -0.395 e. The van der Waals surface area contributed by atoms with Gasteiger partial charge in [0.2, 0.25) is 0 Å². The lowest BCUT2D eigenvalue weighted by atomic mass is 10.6. The number of hydrogen-bond donors (Lipinski definition) is 3. The van der Waals surface area contributed by atoms with Crippen LogP contribution >= 0.6 is 0 Å². The van der Waals surface area contributed by atoms with Crippen molar-refractivity contribution in [3.8, 4) is 0 Å². The molecule has 8 heteroatoms. The molecule has 1 rings (SSSR count). The zero-order valence-electron chi connectivity index (χ0n) is 8.00. The Morgan fingerprint density at radius 3 is 2.33 bits per heavy atom. The summed E-state index contributed by atoms with van der Waals surface area (Å²) in [5.41, 5.74) is 0. The number of hydrogen-bond acceptors (Lipinski definition) is 5. The fraction of sp³-hybridized carbons (Fsp3) is 0.571. The van der Waals surface area contributed by atoms with Crippen LogP contribution in [0.5, 0.6) is 0 Å². The fourth-order valence-electron chi connectivity index (χ4n) is 1.10. The number of nitrogens with zero attached hydrogens (tertiary/aromatic N) is 2. The summed E-state index contributed by atoms with van der Waals surface area (Å²) in [7, 11) is -3.69. The normalized spacial score (nSPS) is 12.2. The van der Waals surface area contributed by atoms with Crippen LogP contribution in [0, 0.1) is 0 Å². The summed E-state index contributed by atoms with van der Waals surface area (Å²) in [6.07, 6.45) is 1.32. The van der Waals surface area contributed by atoms with E-state index in [2.05, 4.69) is 10.2 Å². The van der Waals surface area contributed by atoms with Gasteiger partial charge in [0.05, 0.1) is 19.4 Å². The van der Waals surface area contributed by atoms with Crippen molar-refractivity contribution >= 4 is 10.0 Å². The van der Waals surface area contributed by atoms with E-state index in [-0.39, 0.29) is 31.3 Å². The summed E-state index contributed by atoms with van der Waals surface area (Å²) in [4.78, 5) is 0. The summed E-state index contributed by atoms with van der Waals surface area (Å²) in [6.45, 7) is -0.704. The zero-order chi connectivity index (χ0) is 11.3. The SMILES string of the molecule is O=S(=O)(c1ccn[nH]1)N(CCO)CCO. The molecule has 0 fully saturated rings. The topological polar surface area (TPSA) is 107 Å². The van der Waals surface area contributed by atoms with Crippen molar-refractivity contribution in [2.24, 2.45) is 0 Å². The lowest BCUT2D eigenvalue weighted by Gasteiger charge is -2.18. The Kier molecular flexibility index (Phi) is 4.21. The molecular formula is C7H13N3O4S. The second-order valence-electron chi connectivity index (χ2n) is 2.77. The first-order valence-corrected chi connectivity index (χ1v) is 5.78. The number of aliphatic hydroxyl groups is 2. The van der Waals surface area contributed by atoms with E-state index in [0.29, 0.717) is 0 Å². The summed E-state index contributed by atoms with van der Waals surface area (Å²) in [5.74, 6) is 0. The second kappa shape index (κ2) is 5.21. The second-order valence-corrected chi connectivity index (χ2v) is 4.68. The summed E-state index contributed by atoms with van der Waals surface area (Å²) in [6, 6.07) is 1.32. The van der Waals surface area contributed by atoms with Gasteiger partial charge in [-0.25, -0.2) is 8.42 Å². The third-order valence-electron chi connectivity index (χ3n) is 1.79. The fourth-order valence-corrected chi connectivity index (χ4v) is 2.42. The molecule has 0 saturated heterocycles. The van der Waals surface area contributed by atoms with Crippen LogP contribution in [0.1, 0.15) is 0 Å². The van der Waals surface area contributed by atoms with Gasteiger partial charge in [0.25, 0.3) is 10.0 Å². The number of rotatable bonds is 6. The maximum Gasteiger partial charge on any atom is 0.260 e. The average Bonchev–Trinajstić information content (AvgIpc) is 2.70. The molecule has 0 aliphatic heterocycles. The van der Waals surface area contributed by atoms with Crippen LogP contribution in [-0.2, 0) is 10.0 Å². The zero-order valence-corrected chi connectivity index (χ0v) is 8.81. The lowest BCUT2D eigenvalue weighted by molar-refractivity contribution is 0.217. The summed E-state index contributed by atoms with van der Waals surface area (Å²) >= 11 is 0. The van der Waals surface area contributed by atoms with Gasteiger partial charge in [-0.2, -0.15) is 9.40 Å². The number of aromatic amines is 1. The molecule has 3 N–H and O–H groups in total. The highest BCUT2D eigenvalue weighted by Crippen LogP contribution is 2.10. The Hall–Kier alpha value is -0.960. The van der Waals surface area contributed by atoms with Crippen molar-refractivity contribution < 1.29 is 18.6 Å². The van der Waals surface area contributed by atoms with Crippen molar-refractivity contribution in [2.45, 2.75) is 5.03 Å². The predicted molar refractivity (Wildman–Crippen MR) is 51.5 cm³/mol. The minimum atomic E-state index is -3.69. The van der Waals surface area contributed by atoms with Crippen LogP contribution < -0.4 is 0 Å². The van der Waals surface area contributed by atoms with Crippen LogP contribution in [-0.4, -0.2) is 59.4 Å². The minimum absolute atomic E-state index is 0.0515. The highest BCUT2D eigenvalue weighted by Gasteiger charge is 2.24. The van der Waals surface area contributed by atoms with E-state index in [0.717, 1.165) is 4.31 Å². The van der Waals surface area contributed by atoms with E-state index in [4.69, 9.17) is 10.2 Å². The number of sulfonamides is 1. The monoisotopic (exact) mass is 235 g/mol. The van der Waals surface area contributed by atoms with E-state index >= 15 is 0 Å².